The monoisotopic (exact) mass is 406 g/mol. The van der Waals surface area contributed by atoms with E-state index in [0.29, 0.717) is 17.1 Å². The van der Waals surface area contributed by atoms with Gasteiger partial charge in [0, 0.05) is 12.6 Å². The van der Waals surface area contributed by atoms with Crippen molar-refractivity contribution in [2.24, 2.45) is 7.05 Å². The maximum absolute atomic E-state index is 13.3. The van der Waals surface area contributed by atoms with Crippen LogP contribution in [-0.4, -0.2) is 14.8 Å². The lowest BCUT2D eigenvalue weighted by Crippen LogP contribution is -2.12. The Labute approximate surface area is 164 Å². The summed E-state index contributed by atoms with van der Waals surface area (Å²) in [5, 5.41) is 17.1. The van der Waals surface area contributed by atoms with Crippen LogP contribution in [-0.2, 0) is 13.2 Å². The van der Waals surface area contributed by atoms with E-state index in [0.717, 1.165) is 6.07 Å². The van der Waals surface area contributed by atoms with Gasteiger partial charge in [-0.05, 0) is 31.2 Å². The largest absolute Gasteiger partial charge is 0.481 e. The molecule has 5 nitrogen and oxygen atoms in total. The van der Waals surface area contributed by atoms with Crippen LogP contribution in [0, 0.1) is 11.3 Å². The molecule has 0 spiro atoms. The molecule has 28 heavy (non-hydrogen) atoms. The van der Waals surface area contributed by atoms with Gasteiger partial charge in [-0.25, -0.2) is 0 Å². The molecule has 0 saturated heterocycles. The molecule has 1 heterocycles. The van der Waals surface area contributed by atoms with Gasteiger partial charge in [-0.1, -0.05) is 29.8 Å². The predicted octanol–water partition coefficient (Wildman–Crippen LogP) is 5.17. The molecule has 0 N–H and O–H groups in total. The summed E-state index contributed by atoms with van der Waals surface area (Å²) in [4.78, 5) is 0. The molecule has 1 aromatic heterocycles. The number of rotatable bonds is 4. The highest BCUT2D eigenvalue weighted by Crippen LogP contribution is 2.37. The molecule has 0 bridgehead atoms. The first-order valence-electron chi connectivity index (χ1n) is 8.14. The standard InChI is InChI=1S/C19H14ClF3N4O/c1-11(28-16-8-7-12(10-24)9-15(16)20)17-25-26-18(27(17)2)13-5-3-4-6-14(13)19(21,22)23/h3-9,11H,1-2H3/t11-/m1/s1. The van der Waals surface area contributed by atoms with E-state index in [-0.39, 0.29) is 16.4 Å². The Bertz CT molecular complexity index is 1060. The lowest BCUT2D eigenvalue weighted by atomic mass is 10.1. The summed E-state index contributed by atoms with van der Waals surface area (Å²) in [7, 11) is 1.57. The average Bonchev–Trinajstić information content (AvgIpc) is 3.04. The molecule has 0 saturated carbocycles. The number of aromatic nitrogens is 3. The number of alkyl halides is 3. The lowest BCUT2D eigenvalue weighted by molar-refractivity contribution is -0.137. The van der Waals surface area contributed by atoms with Gasteiger partial charge in [-0.3, -0.25) is 0 Å². The highest BCUT2D eigenvalue weighted by Gasteiger charge is 2.35. The zero-order valence-electron chi connectivity index (χ0n) is 14.8. The van der Waals surface area contributed by atoms with Gasteiger partial charge in [0.2, 0.25) is 0 Å². The highest BCUT2D eigenvalue weighted by molar-refractivity contribution is 6.32. The molecule has 0 radical (unpaired) electrons. The van der Waals surface area contributed by atoms with Gasteiger partial charge in [-0.15, -0.1) is 10.2 Å². The number of nitriles is 1. The van der Waals surface area contributed by atoms with Crippen molar-refractivity contribution in [2.45, 2.75) is 19.2 Å². The molecular formula is C19H14ClF3N4O. The molecule has 3 rings (SSSR count). The summed E-state index contributed by atoms with van der Waals surface area (Å²) in [5.74, 6) is 0.727. The van der Waals surface area contributed by atoms with Gasteiger partial charge in [-0.2, -0.15) is 18.4 Å². The molecule has 9 heteroatoms. The topological polar surface area (TPSA) is 63.7 Å². The Morgan fingerprint density at radius 3 is 2.54 bits per heavy atom. The second kappa shape index (κ2) is 7.52. The number of halogens is 4. The first-order chi connectivity index (χ1) is 13.2. The fourth-order valence-electron chi connectivity index (χ4n) is 2.76. The van der Waals surface area contributed by atoms with Crippen LogP contribution in [0.5, 0.6) is 5.75 Å². The fraction of sp³-hybridized carbons (Fsp3) is 0.211. The second-order valence-corrected chi connectivity index (χ2v) is 6.41. The van der Waals surface area contributed by atoms with Crippen LogP contribution in [0.2, 0.25) is 5.02 Å². The zero-order chi connectivity index (χ0) is 20.5. The first-order valence-corrected chi connectivity index (χ1v) is 8.52. The molecule has 2 aromatic carbocycles. The maximum Gasteiger partial charge on any atom is 0.417 e. The van der Waals surface area contributed by atoms with Crippen molar-refractivity contribution in [3.63, 3.8) is 0 Å². The van der Waals surface area contributed by atoms with Gasteiger partial charge < -0.3 is 9.30 Å². The van der Waals surface area contributed by atoms with Crippen LogP contribution in [0.4, 0.5) is 13.2 Å². The molecule has 0 unspecified atom stereocenters. The lowest BCUT2D eigenvalue weighted by Gasteiger charge is -2.16. The van der Waals surface area contributed by atoms with E-state index in [4.69, 9.17) is 21.6 Å². The molecule has 3 aromatic rings. The average molecular weight is 407 g/mol. The minimum absolute atomic E-state index is 0.0696. The Hall–Kier alpha value is -3.05. The maximum atomic E-state index is 13.3. The van der Waals surface area contributed by atoms with Crippen molar-refractivity contribution in [3.8, 4) is 23.2 Å². The van der Waals surface area contributed by atoms with Crippen molar-refractivity contribution in [2.75, 3.05) is 0 Å². The van der Waals surface area contributed by atoms with Crippen molar-refractivity contribution >= 4 is 11.6 Å². The van der Waals surface area contributed by atoms with Gasteiger partial charge in [0.25, 0.3) is 0 Å². The quantitative estimate of drug-likeness (QED) is 0.600. The van der Waals surface area contributed by atoms with Gasteiger partial charge >= 0.3 is 6.18 Å². The van der Waals surface area contributed by atoms with E-state index >= 15 is 0 Å². The summed E-state index contributed by atoms with van der Waals surface area (Å²) in [5.41, 5.74) is -0.477. The Morgan fingerprint density at radius 2 is 1.89 bits per heavy atom. The van der Waals surface area contributed by atoms with Crippen LogP contribution >= 0.6 is 11.6 Å². The van der Waals surface area contributed by atoms with Crippen LogP contribution in [0.25, 0.3) is 11.4 Å². The van der Waals surface area contributed by atoms with Crippen LogP contribution in [0.15, 0.2) is 42.5 Å². The van der Waals surface area contributed by atoms with Crippen molar-refractivity contribution in [3.05, 3.63) is 64.4 Å². The zero-order valence-corrected chi connectivity index (χ0v) is 15.6. The summed E-state index contributed by atoms with van der Waals surface area (Å²) < 4.78 is 47.1. The third kappa shape index (κ3) is 3.80. The molecule has 0 aliphatic rings. The third-order valence-corrected chi connectivity index (χ3v) is 4.41. The van der Waals surface area contributed by atoms with Crippen LogP contribution in [0.1, 0.15) is 30.0 Å². The van der Waals surface area contributed by atoms with Crippen LogP contribution in [0.3, 0.4) is 0 Å². The number of nitrogens with zero attached hydrogens (tertiary/aromatic N) is 4. The summed E-state index contributed by atoms with van der Waals surface area (Å²) in [6, 6.07) is 11.7. The van der Waals surface area contributed by atoms with E-state index < -0.39 is 17.8 Å². The van der Waals surface area contributed by atoms with Crippen molar-refractivity contribution in [1.29, 1.82) is 5.26 Å². The number of ether oxygens (including phenoxy) is 1. The van der Waals surface area contributed by atoms with Crippen LogP contribution < -0.4 is 4.74 Å². The van der Waals surface area contributed by atoms with E-state index in [9.17, 15) is 13.2 Å². The minimum Gasteiger partial charge on any atom is -0.481 e. The van der Waals surface area contributed by atoms with Gasteiger partial charge in [0.1, 0.15) is 5.75 Å². The predicted molar refractivity (Wildman–Crippen MR) is 96.7 cm³/mol. The highest BCUT2D eigenvalue weighted by atomic mass is 35.5. The van der Waals surface area contributed by atoms with E-state index in [1.807, 2.05) is 6.07 Å². The number of benzene rings is 2. The second-order valence-electron chi connectivity index (χ2n) is 6.00. The van der Waals surface area contributed by atoms with Crippen molar-refractivity contribution < 1.29 is 17.9 Å². The SMILES string of the molecule is C[C@@H](Oc1ccc(C#N)cc1Cl)c1nnc(-c2ccccc2C(F)(F)F)n1C. The number of hydrogen-bond acceptors (Lipinski definition) is 4. The van der Waals surface area contributed by atoms with Gasteiger partial charge in [0.15, 0.2) is 17.8 Å². The molecule has 144 valence electrons. The summed E-state index contributed by atoms with van der Waals surface area (Å²) in [6.07, 6.45) is -5.16. The Kier molecular flexibility index (Phi) is 5.29. The Morgan fingerprint density at radius 1 is 1.18 bits per heavy atom. The molecule has 1 atom stereocenters. The third-order valence-electron chi connectivity index (χ3n) is 4.11. The van der Waals surface area contributed by atoms with Gasteiger partial charge in [0.05, 0.1) is 22.2 Å². The smallest absolute Gasteiger partial charge is 0.417 e. The fourth-order valence-corrected chi connectivity index (χ4v) is 2.99. The summed E-state index contributed by atoms with van der Waals surface area (Å²) >= 11 is 6.11. The first kappa shape index (κ1) is 19.7. The van der Waals surface area contributed by atoms with E-state index in [1.54, 1.807) is 26.1 Å². The normalized spacial score (nSPS) is 12.5. The van der Waals surface area contributed by atoms with E-state index in [1.165, 1.54) is 28.8 Å². The molecule has 0 fully saturated rings. The molecular weight excluding hydrogens is 393 g/mol. The number of hydrogen-bond donors (Lipinski definition) is 0. The molecule has 0 aliphatic carbocycles. The Balaban J connectivity index is 1.93. The summed E-state index contributed by atoms with van der Waals surface area (Å²) in [6.45, 7) is 1.68. The molecule has 0 amide bonds. The molecule has 0 aliphatic heterocycles. The minimum atomic E-state index is -4.51. The van der Waals surface area contributed by atoms with E-state index in [2.05, 4.69) is 10.2 Å². The van der Waals surface area contributed by atoms with Crippen molar-refractivity contribution in [1.82, 2.24) is 14.8 Å².